The van der Waals surface area contributed by atoms with Crippen molar-refractivity contribution < 1.29 is 19.1 Å². The van der Waals surface area contributed by atoms with Gasteiger partial charge in [0.2, 0.25) is 0 Å². The number of carbonyl (C=O) groups excluding carboxylic acids is 3. The number of barbiturate groups is 1. The molecule has 6 nitrogen and oxygen atoms in total. The van der Waals surface area contributed by atoms with Crippen molar-refractivity contribution in [1.29, 1.82) is 0 Å². The number of carbonyl (C=O) groups is 3. The molecule has 1 heterocycles. The molecule has 1 aliphatic heterocycles. The lowest BCUT2D eigenvalue weighted by Gasteiger charge is -2.26. The number of rotatable bonds is 5. The van der Waals surface area contributed by atoms with Gasteiger partial charge in [-0.15, -0.1) is 0 Å². The molecule has 0 bridgehead atoms. The van der Waals surface area contributed by atoms with Crippen LogP contribution in [0.4, 0.5) is 10.5 Å². The van der Waals surface area contributed by atoms with E-state index in [2.05, 4.69) is 5.32 Å². The lowest BCUT2D eigenvalue weighted by Crippen LogP contribution is -2.54. The third-order valence-electron chi connectivity index (χ3n) is 5.55. The van der Waals surface area contributed by atoms with Crippen molar-refractivity contribution in [1.82, 2.24) is 5.32 Å². The van der Waals surface area contributed by atoms with Crippen LogP contribution in [0.3, 0.4) is 0 Å². The molecule has 6 heteroatoms. The van der Waals surface area contributed by atoms with Crippen molar-refractivity contribution >= 4 is 29.6 Å². The smallest absolute Gasteiger partial charge is 0.335 e. The molecule has 4 rings (SSSR count). The lowest BCUT2D eigenvalue weighted by atomic mass is 10.0. The standard InChI is InChI=1S/C27H24N2O4/c1-17-7-10-20(11-8-17)16-33-23-6-4-5-21(14-23)15-24-25(30)28-27(32)29(26(24)31)22-12-9-18(2)19(3)13-22/h4-15H,16H2,1-3H3,(H,28,30,32)/b24-15-. The van der Waals surface area contributed by atoms with Crippen molar-refractivity contribution in [2.45, 2.75) is 27.4 Å². The van der Waals surface area contributed by atoms with Crippen LogP contribution in [-0.2, 0) is 16.2 Å². The zero-order valence-corrected chi connectivity index (χ0v) is 18.7. The third kappa shape index (κ3) is 4.85. The van der Waals surface area contributed by atoms with E-state index in [1.54, 1.807) is 30.3 Å². The molecule has 4 amide bonds. The van der Waals surface area contributed by atoms with Gasteiger partial charge >= 0.3 is 6.03 Å². The fourth-order valence-electron chi connectivity index (χ4n) is 3.47. The molecule has 0 unspecified atom stereocenters. The van der Waals surface area contributed by atoms with E-state index in [-0.39, 0.29) is 5.57 Å². The van der Waals surface area contributed by atoms with Crippen LogP contribution in [0.15, 0.2) is 72.3 Å². The molecular weight excluding hydrogens is 416 g/mol. The Morgan fingerprint density at radius 2 is 1.64 bits per heavy atom. The van der Waals surface area contributed by atoms with Crippen LogP contribution in [0.25, 0.3) is 6.08 Å². The topological polar surface area (TPSA) is 75.7 Å². The maximum absolute atomic E-state index is 13.1. The number of nitrogens with zero attached hydrogens (tertiary/aromatic N) is 1. The quantitative estimate of drug-likeness (QED) is 0.454. The van der Waals surface area contributed by atoms with Crippen LogP contribution in [-0.4, -0.2) is 17.8 Å². The van der Waals surface area contributed by atoms with Crippen LogP contribution in [0.2, 0.25) is 0 Å². The predicted octanol–water partition coefficient (Wildman–Crippen LogP) is 4.86. The predicted molar refractivity (Wildman–Crippen MR) is 127 cm³/mol. The molecule has 0 saturated carbocycles. The second-order valence-corrected chi connectivity index (χ2v) is 8.07. The van der Waals surface area contributed by atoms with Crippen LogP contribution in [0.1, 0.15) is 27.8 Å². The zero-order valence-electron chi connectivity index (χ0n) is 18.7. The second-order valence-electron chi connectivity index (χ2n) is 8.07. The molecule has 0 spiro atoms. The highest BCUT2D eigenvalue weighted by Crippen LogP contribution is 2.25. The first-order chi connectivity index (χ1) is 15.8. The number of anilines is 1. The number of amides is 4. The van der Waals surface area contributed by atoms with Crippen LogP contribution in [0, 0.1) is 20.8 Å². The summed E-state index contributed by atoms with van der Waals surface area (Å²) in [4.78, 5) is 39.0. The van der Waals surface area contributed by atoms with E-state index in [1.807, 2.05) is 57.2 Å². The van der Waals surface area contributed by atoms with Gasteiger partial charge in [-0.25, -0.2) is 9.69 Å². The summed E-state index contributed by atoms with van der Waals surface area (Å²) in [6.45, 7) is 6.27. The van der Waals surface area contributed by atoms with E-state index in [1.165, 1.54) is 11.6 Å². The minimum Gasteiger partial charge on any atom is -0.489 e. The third-order valence-corrected chi connectivity index (χ3v) is 5.55. The van der Waals surface area contributed by atoms with Crippen LogP contribution in [0.5, 0.6) is 5.75 Å². The first-order valence-corrected chi connectivity index (χ1v) is 10.6. The fraction of sp³-hybridized carbons (Fsp3) is 0.148. The molecule has 166 valence electrons. The Bertz CT molecular complexity index is 1280. The maximum atomic E-state index is 13.1. The molecule has 1 N–H and O–H groups in total. The highest BCUT2D eigenvalue weighted by molar-refractivity contribution is 6.39. The lowest BCUT2D eigenvalue weighted by molar-refractivity contribution is -0.122. The van der Waals surface area contributed by atoms with E-state index >= 15 is 0 Å². The molecule has 1 saturated heterocycles. The number of aryl methyl sites for hydroxylation is 3. The van der Waals surface area contributed by atoms with Crippen LogP contribution < -0.4 is 15.0 Å². The molecule has 33 heavy (non-hydrogen) atoms. The number of benzene rings is 3. The molecule has 3 aromatic carbocycles. The molecular formula is C27H24N2O4. The van der Waals surface area contributed by atoms with Crippen molar-refractivity contribution in [2.75, 3.05) is 4.90 Å². The second kappa shape index (κ2) is 9.12. The Kier molecular flexibility index (Phi) is 6.09. The van der Waals surface area contributed by atoms with E-state index in [9.17, 15) is 14.4 Å². The number of nitrogens with one attached hydrogen (secondary N) is 1. The molecule has 1 aliphatic rings. The van der Waals surface area contributed by atoms with Gasteiger partial charge in [0.25, 0.3) is 11.8 Å². The highest BCUT2D eigenvalue weighted by Gasteiger charge is 2.36. The van der Waals surface area contributed by atoms with Gasteiger partial charge in [0.1, 0.15) is 17.9 Å². The van der Waals surface area contributed by atoms with Crippen molar-refractivity contribution in [2.24, 2.45) is 0 Å². The van der Waals surface area contributed by atoms with Gasteiger partial charge in [0, 0.05) is 0 Å². The Balaban J connectivity index is 1.58. The molecule has 0 atom stereocenters. The summed E-state index contributed by atoms with van der Waals surface area (Å²) in [5, 5.41) is 2.26. The average Bonchev–Trinajstić information content (AvgIpc) is 2.79. The van der Waals surface area contributed by atoms with Gasteiger partial charge in [-0.1, -0.05) is 48.0 Å². The van der Waals surface area contributed by atoms with Crippen molar-refractivity contribution in [3.63, 3.8) is 0 Å². The molecule has 1 fully saturated rings. The normalized spacial score (nSPS) is 15.1. The zero-order chi connectivity index (χ0) is 23.5. The van der Waals surface area contributed by atoms with E-state index in [4.69, 9.17) is 4.74 Å². The first kappa shape index (κ1) is 22.0. The summed E-state index contributed by atoms with van der Waals surface area (Å²) in [6.07, 6.45) is 1.47. The van der Waals surface area contributed by atoms with Gasteiger partial charge in [-0.05, 0) is 73.4 Å². The summed E-state index contributed by atoms with van der Waals surface area (Å²) in [7, 11) is 0. The summed E-state index contributed by atoms with van der Waals surface area (Å²) in [5.74, 6) is -0.787. The van der Waals surface area contributed by atoms with Gasteiger partial charge in [-0.3, -0.25) is 14.9 Å². The number of hydrogen-bond acceptors (Lipinski definition) is 4. The summed E-state index contributed by atoms with van der Waals surface area (Å²) < 4.78 is 5.87. The summed E-state index contributed by atoms with van der Waals surface area (Å²) in [5.41, 5.74) is 5.10. The first-order valence-electron chi connectivity index (χ1n) is 10.6. The number of ether oxygens (including phenoxy) is 1. The monoisotopic (exact) mass is 440 g/mol. The minimum atomic E-state index is -0.763. The van der Waals surface area contributed by atoms with Crippen LogP contribution >= 0.6 is 0 Å². The highest BCUT2D eigenvalue weighted by atomic mass is 16.5. The number of urea groups is 1. The average molecular weight is 440 g/mol. The van der Waals surface area contributed by atoms with Crippen molar-refractivity contribution in [3.8, 4) is 5.75 Å². The van der Waals surface area contributed by atoms with E-state index in [0.29, 0.717) is 23.6 Å². The summed E-state index contributed by atoms with van der Waals surface area (Å²) >= 11 is 0. The van der Waals surface area contributed by atoms with E-state index in [0.717, 1.165) is 21.6 Å². The summed E-state index contributed by atoms with van der Waals surface area (Å²) in [6, 6.07) is 19.7. The van der Waals surface area contributed by atoms with Crippen molar-refractivity contribution in [3.05, 3.63) is 100 Å². The van der Waals surface area contributed by atoms with Gasteiger partial charge in [0.15, 0.2) is 0 Å². The van der Waals surface area contributed by atoms with E-state index < -0.39 is 17.8 Å². The van der Waals surface area contributed by atoms with Gasteiger partial charge in [-0.2, -0.15) is 0 Å². The largest absolute Gasteiger partial charge is 0.489 e. The SMILES string of the molecule is Cc1ccc(COc2cccc(/C=C3/C(=O)NC(=O)N(c4ccc(C)c(C)c4)C3=O)c2)cc1. The van der Waals surface area contributed by atoms with Gasteiger partial charge < -0.3 is 4.74 Å². The number of imide groups is 2. The Hall–Kier alpha value is -4.19. The molecule has 0 aliphatic carbocycles. The minimum absolute atomic E-state index is 0.122. The molecule has 3 aromatic rings. The number of hydrogen-bond donors (Lipinski definition) is 1. The Labute approximate surface area is 192 Å². The maximum Gasteiger partial charge on any atom is 0.335 e. The molecule has 0 aromatic heterocycles. The molecule has 0 radical (unpaired) electrons. The Morgan fingerprint density at radius 1 is 0.879 bits per heavy atom. The fourth-order valence-corrected chi connectivity index (χ4v) is 3.47. The van der Waals surface area contributed by atoms with Gasteiger partial charge in [0.05, 0.1) is 5.69 Å². The Morgan fingerprint density at radius 3 is 2.36 bits per heavy atom.